The molecular weight excluding hydrogens is 1350 g/mol. The lowest BCUT2D eigenvalue weighted by molar-refractivity contribution is -0.161. The van der Waals surface area contributed by atoms with Crippen LogP contribution in [0.5, 0.6) is 0 Å². The van der Waals surface area contributed by atoms with E-state index in [1.54, 1.807) is 0 Å². The lowest BCUT2D eigenvalue weighted by atomic mass is 10.0. The molecule has 5 atom stereocenters. The minimum atomic E-state index is -4.96. The molecule has 3 N–H and O–H groups in total. The fourth-order valence-electron chi connectivity index (χ4n) is 13.3. The SMILES string of the molecule is CCCCCCCCCCCCCCCCCCCCCCCC(=O)O[C@H](COC(=O)CCCCCCCCCCCCCCCCCCCCCC)COP(=O)(O)OC[C@@H](O)COP(=O)(O)OC[C@@H](COC(=O)CCCCCCCCCCC)OC(=O)CCCCCCCCCCCCCCCC. The molecule has 0 radical (unpaired) electrons. The van der Waals surface area contributed by atoms with Gasteiger partial charge in [0.15, 0.2) is 12.2 Å². The van der Waals surface area contributed by atoms with E-state index in [4.69, 9.17) is 37.0 Å². The van der Waals surface area contributed by atoms with Crippen LogP contribution < -0.4 is 0 Å². The Balaban J connectivity index is 5.19. The molecule has 0 amide bonds. The molecule has 104 heavy (non-hydrogen) atoms. The number of phosphoric ester groups is 2. The number of esters is 4. The number of phosphoric acid groups is 2. The number of carbonyl (C=O) groups is 4. The van der Waals surface area contributed by atoms with Gasteiger partial charge in [0, 0.05) is 25.7 Å². The van der Waals surface area contributed by atoms with Gasteiger partial charge in [0.25, 0.3) is 0 Å². The molecular formula is C85H166O17P2. The first-order valence-electron chi connectivity index (χ1n) is 44.3. The number of carbonyl (C=O) groups excluding carboxylic acids is 4. The van der Waals surface area contributed by atoms with Gasteiger partial charge in [0.1, 0.15) is 19.3 Å². The Hall–Kier alpha value is -1.94. The summed E-state index contributed by atoms with van der Waals surface area (Å²) in [6, 6.07) is 0. The van der Waals surface area contributed by atoms with Crippen molar-refractivity contribution in [1.82, 2.24) is 0 Å². The van der Waals surface area contributed by atoms with Gasteiger partial charge in [-0.2, -0.15) is 0 Å². The van der Waals surface area contributed by atoms with Crippen molar-refractivity contribution in [3.63, 3.8) is 0 Å². The summed E-state index contributed by atoms with van der Waals surface area (Å²) < 4.78 is 68.8. The van der Waals surface area contributed by atoms with Crippen LogP contribution in [0.3, 0.4) is 0 Å². The zero-order chi connectivity index (χ0) is 76.0. The zero-order valence-electron chi connectivity index (χ0n) is 68.0. The van der Waals surface area contributed by atoms with Gasteiger partial charge in [0.05, 0.1) is 26.4 Å². The van der Waals surface area contributed by atoms with Crippen molar-refractivity contribution in [3.8, 4) is 0 Å². The second-order valence-electron chi connectivity index (χ2n) is 30.6. The molecule has 0 aliphatic heterocycles. The smallest absolute Gasteiger partial charge is 0.462 e. The predicted molar refractivity (Wildman–Crippen MR) is 428 cm³/mol. The highest BCUT2D eigenvalue weighted by Gasteiger charge is 2.30. The van der Waals surface area contributed by atoms with Crippen LogP contribution in [-0.4, -0.2) is 96.7 Å². The number of hydrogen-bond acceptors (Lipinski definition) is 15. The van der Waals surface area contributed by atoms with Crippen LogP contribution >= 0.6 is 15.6 Å². The summed E-state index contributed by atoms with van der Waals surface area (Å²) in [6.45, 7) is 5.03. The predicted octanol–water partition coefficient (Wildman–Crippen LogP) is 26.1. The molecule has 19 heteroatoms. The van der Waals surface area contributed by atoms with Gasteiger partial charge in [-0.15, -0.1) is 0 Å². The molecule has 0 spiro atoms. The first-order chi connectivity index (χ1) is 50.7. The highest BCUT2D eigenvalue weighted by atomic mass is 31.2. The van der Waals surface area contributed by atoms with Crippen LogP contribution in [0.2, 0.25) is 0 Å². The molecule has 17 nitrogen and oxygen atoms in total. The van der Waals surface area contributed by atoms with Crippen LogP contribution in [0.1, 0.15) is 464 Å². The van der Waals surface area contributed by atoms with Gasteiger partial charge in [0.2, 0.25) is 0 Å². The second-order valence-corrected chi connectivity index (χ2v) is 33.5. The highest BCUT2D eigenvalue weighted by Crippen LogP contribution is 2.45. The van der Waals surface area contributed by atoms with Crippen molar-refractivity contribution in [2.75, 3.05) is 39.6 Å². The molecule has 0 rings (SSSR count). The fourth-order valence-corrected chi connectivity index (χ4v) is 14.9. The van der Waals surface area contributed by atoms with E-state index in [9.17, 15) is 43.2 Å². The van der Waals surface area contributed by atoms with E-state index in [2.05, 4.69) is 27.7 Å². The first-order valence-corrected chi connectivity index (χ1v) is 47.3. The Morgan fingerprint density at radius 1 is 0.231 bits per heavy atom. The lowest BCUT2D eigenvalue weighted by Crippen LogP contribution is -2.30. The van der Waals surface area contributed by atoms with Gasteiger partial charge in [-0.25, -0.2) is 9.13 Å². The third kappa shape index (κ3) is 78.2. The van der Waals surface area contributed by atoms with Gasteiger partial charge in [-0.05, 0) is 25.7 Å². The minimum Gasteiger partial charge on any atom is -0.462 e. The van der Waals surface area contributed by atoms with Crippen molar-refractivity contribution < 1.29 is 80.2 Å². The second kappa shape index (κ2) is 79.2. The lowest BCUT2D eigenvalue weighted by Gasteiger charge is -2.21. The Morgan fingerprint density at radius 3 is 0.567 bits per heavy atom. The average Bonchev–Trinajstić information content (AvgIpc) is 0.921. The third-order valence-electron chi connectivity index (χ3n) is 20.1. The molecule has 0 saturated heterocycles. The summed E-state index contributed by atoms with van der Waals surface area (Å²) in [5, 5.41) is 10.7. The zero-order valence-corrected chi connectivity index (χ0v) is 69.8. The van der Waals surface area contributed by atoms with E-state index >= 15 is 0 Å². The largest absolute Gasteiger partial charge is 0.472 e. The average molecular weight is 1520 g/mol. The molecule has 0 aliphatic rings. The van der Waals surface area contributed by atoms with Crippen molar-refractivity contribution >= 4 is 39.5 Å². The van der Waals surface area contributed by atoms with E-state index in [1.165, 1.54) is 295 Å². The molecule has 0 bridgehead atoms. The number of rotatable bonds is 86. The van der Waals surface area contributed by atoms with Crippen LogP contribution in [-0.2, 0) is 65.4 Å². The van der Waals surface area contributed by atoms with Crippen molar-refractivity contribution in [2.45, 2.75) is 483 Å². The number of aliphatic hydroxyl groups is 1. The summed E-state index contributed by atoms with van der Waals surface area (Å²) in [7, 11) is -9.92. The van der Waals surface area contributed by atoms with Crippen LogP contribution in [0, 0.1) is 0 Å². The Kier molecular flexibility index (Phi) is 77.7. The summed E-state index contributed by atoms with van der Waals surface area (Å²) in [5.41, 5.74) is 0. The number of unbranched alkanes of at least 4 members (excludes halogenated alkanes) is 60. The Labute approximate surface area is 638 Å². The Bertz CT molecular complexity index is 1960. The molecule has 0 aromatic rings. The van der Waals surface area contributed by atoms with Gasteiger partial charge in [-0.3, -0.25) is 37.3 Å². The fraction of sp³-hybridized carbons (Fsp3) is 0.953. The summed E-state index contributed by atoms with van der Waals surface area (Å²) in [6.07, 6.45) is 73.7. The number of hydrogen-bond donors (Lipinski definition) is 3. The number of aliphatic hydroxyl groups excluding tert-OH is 1. The maximum Gasteiger partial charge on any atom is 0.472 e. The first kappa shape index (κ1) is 102. The van der Waals surface area contributed by atoms with Gasteiger partial charge < -0.3 is 33.8 Å². The summed E-state index contributed by atoms with van der Waals surface area (Å²) >= 11 is 0. The van der Waals surface area contributed by atoms with Gasteiger partial charge in [-0.1, -0.05) is 413 Å². The molecule has 618 valence electrons. The monoisotopic (exact) mass is 1520 g/mol. The van der Waals surface area contributed by atoms with E-state index in [1.807, 2.05) is 0 Å². The maximum absolute atomic E-state index is 13.1. The van der Waals surface area contributed by atoms with E-state index < -0.39 is 97.5 Å². The topological polar surface area (TPSA) is 237 Å². The summed E-state index contributed by atoms with van der Waals surface area (Å²) in [4.78, 5) is 73.1. The van der Waals surface area contributed by atoms with Crippen molar-refractivity contribution in [1.29, 1.82) is 0 Å². The molecule has 0 aromatic heterocycles. The molecule has 0 aromatic carbocycles. The van der Waals surface area contributed by atoms with E-state index in [0.717, 1.165) is 89.9 Å². The molecule has 0 heterocycles. The van der Waals surface area contributed by atoms with Crippen LogP contribution in [0.4, 0.5) is 0 Å². The quantitative estimate of drug-likeness (QED) is 0.0222. The minimum absolute atomic E-state index is 0.109. The standard InChI is InChI=1S/C85H166O17P2/c1-5-9-13-17-21-25-28-31-34-36-38-40-42-44-46-49-52-56-60-64-68-72-85(90)102-81(76-96-83(88)70-66-62-58-54-50-48-45-43-41-39-37-35-32-29-26-22-18-14-10-6-2)78-100-104(93,94)98-74-79(86)73-97-103(91,92)99-77-80(75-95-82(87)69-65-61-57-53-24-20-16-12-8-4)101-84(89)71-67-63-59-55-51-47-33-30-27-23-19-15-11-7-3/h79-81,86H,5-78H2,1-4H3,(H,91,92)(H,93,94)/t79-,80+,81+/m0/s1. The molecule has 0 fully saturated rings. The number of ether oxygens (including phenoxy) is 4. The van der Waals surface area contributed by atoms with E-state index in [0.29, 0.717) is 25.7 Å². The third-order valence-corrected chi connectivity index (χ3v) is 22.0. The van der Waals surface area contributed by atoms with Crippen molar-refractivity contribution in [2.24, 2.45) is 0 Å². The van der Waals surface area contributed by atoms with Crippen molar-refractivity contribution in [3.05, 3.63) is 0 Å². The van der Waals surface area contributed by atoms with E-state index in [-0.39, 0.29) is 25.7 Å². The maximum atomic E-state index is 13.1. The van der Waals surface area contributed by atoms with Crippen LogP contribution in [0.25, 0.3) is 0 Å². The molecule has 2 unspecified atom stereocenters. The van der Waals surface area contributed by atoms with Gasteiger partial charge >= 0.3 is 39.5 Å². The normalized spacial score (nSPS) is 13.7. The molecule has 0 aliphatic carbocycles. The van der Waals surface area contributed by atoms with Crippen LogP contribution in [0.15, 0.2) is 0 Å². The summed E-state index contributed by atoms with van der Waals surface area (Å²) in [5.74, 6) is -2.10. The highest BCUT2D eigenvalue weighted by molar-refractivity contribution is 7.47. The Morgan fingerprint density at radius 2 is 0.385 bits per heavy atom. The molecule has 0 saturated carbocycles.